The van der Waals surface area contributed by atoms with Crippen LogP contribution in [0.25, 0.3) is 21.7 Å². The molecule has 1 aromatic carbocycles. The summed E-state index contributed by atoms with van der Waals surface area (Å²) in [5.74, 6) is -0.0353. The van der Waals surface area contributed by atoms with E-state index in [1.165, 1.54) is 5.69 Å². The minimum atomic E-state index is -0.293. The molecule has 1 amide bonds. The summed E-state index contributed by atoms with van der Waals surface area (Å²) in [5, 5.41) is 5.77. The van der Waals surface area contributed by atoms with Crippen LogP contribution in [0.4, 0.5) is 11.4 Å². The lowest BCUT2D eigenvalue weighted by atomic mass is 10.1. The van der Waals surface area contributed by atoms with Crippen LogP contribution in [0.15, 0.2) is 59.5 Å². The average molecular weight is 387 g/mol. The first kappa shape index (κ1) is 17.6. The molecule has 4 aromatic rings. The summed E-state index contributed by atoms with van der Waals surface area (Å²) < 4.78 is 5.66. The molecule has 7 nitrogen and oxygen atoms in total. The number of carbonyl (C=O) groups is 1. The van der Waals surface area contributed by atoms with Gasteiger partial charge in [-0.05, 0) is 37.4 Å². The Hall–Kier alpha value is -3.45. The SMILES string of the molecule is CN1CCN(c2ccc(NC(=O)c3cc4cnccc4o3)c3cnccc23)CC1. The summed E-state index contributed by atoms with van der Waals surface area (Å²) in [4.78, 5) is 25.8. The van der Waals surface area contributed by atoms with Crippen LogP contribution in [0.5, 0.6) is 0 Å². The van der Waals surface area contributed by atoms with E-state index in [-0.39, 0.29) is 11.7 Å². The lowest BCUT2D eigenvalue weighted by Gasteiger charge is -2.34. The van der Waals surface area contributed by atoms with Gasteiger partial charge in [-0.25, -0.2) is 0 Å². The molecule has 0 spiro atoms. The Bertz CT molecular complexity index is 1160. The van der Waals surface area contributed by atoms with Crippen molar-refractivity contribution in [2.45, 2.75) is 0 Å². The van der Waals surface area contributed by atoms with Crippen molar-refractivity contribution in [3.05, 3.63) is 60.9 Å². The Kier molecular flexibility index (Phi) is 4.37. The molecule has 0 atom stereocenters. The van der Waals surface area contributed by atoms with Gasteiger partial charge in [0, 0.05) is 72.8 Å². The average Bonchev–Trinajstić information content (AvgIpc) is 3.19. The van der Waals surface area contributed by atoms with E-state index in [1.807, 2.05) is 12.1 Å². The van der Waals surface area contributed by atoms with Crippen molar-refractivity contribution >= 4 is 39.0 Å². The Morgan fingerprint density at radius 2 is 1.79 bits per heavy atom. The summed E-state index contributed by atoms with van der Waals surface area (Å²) in [6.45, 7) is 4.03. The van der Waals surface area contributed by atoms with Gasteiger partial charge in [-0.1, -0.05) is 0 Å². The zero-order chi connectivity index (χ0) is 19.8. The standard InChI is InChI=1S/C22H21N5O2/c1-26-8-10-27(11-9-26)19-3-2-18(17-14-24-6-4-16(17)19)25-22(28)21-12-15-13-23-7-5-20(15)29-21/h2-7,12-14H,8-11H2,1H3,(H,25,28). The molecule has 3 aromatic heterocycles. The number of likely N-dealkylation sites (N-methyl/N-ethyl adjacent to an activating group) is 1. The molecule has 0 saturated carbocycles. The Labute approximate surface area is 168 Å². The second kappa shape index (κ2) is 7.18. The van der Waals surface area contributed by atoms with Crippen molar-refractivity contribution in [3.63, 3.8) is 0 Å². The van der Waals surface area contributed by atoms with E-state index in [2.05, 4.69) is 38.2 Å². The maximum Gasteiger partial charge on any atom is 0.291 e. The van der Waals surface area contributed by atoms with Gasteiger partial charge in [0.05, 0.1) is 5.69 Å². The zero-order valence-corrected chi connectivity index (χ0v) is 16.1. The van der Waals surface area contributed by atoms with Crippen LogP contribution in [0.3, 0.4) is 0 Å². The predicted octanol–water partition coefficient (Wildman–Crippen LogP) is 3.38. The van der Waals surface area contributed by atoms with Crippen molar-refractivity contribution in [2.75, 3.05) is 43.4 Å². The van der Waals surface area contributed by atoms with Crippen LogP contribution in [0.2, 0.25) is 0 Å². The van der Waals surface area contributed by atoms with E-state index < -0.39 is 0 Å². The molecule has 4 heterocycles. The molecule has 29 heavy (non-hydrogen) atoms. The topological polar surface area (TPSA) is 74.5 Å². The van der Waals surface area contributed by atoms with Gasteiger partial charge in [-0.15, -0.1) is 0 Å². The largest absolute Gasteiger partial charge is 0.451 e. The molecule has 7 heteroatoms. The Balaban J connectivity index is 1.47. The second-order valence-corrected chi connectivity index (χ2v) is 7.32. The molecule has 5 rings (SSSR count). The molecular weight excluding hydrogens is 366 g/mol. The quantitative estimate of drug-likeness (QED) is 0.581. The minimum absolute atomic E-state index is 0.258. The van der Waals surface area contributed by atoms with Crippen LogP contribution in [0, 0.1) is 0 Å². The fraction of sp³-hybridized carbons (Fsp3) is 0.227. The van der Waals surface area contributed by atoms with E-state index in [0.717, 1.165) is 48.0 Å². The molecule has 0 bridgehead atoms. The number of hydrogen-bond donors (Lipinski definition) is 1. The molecular formula is C22H21N5O2. The van der Waals surface area contributed by atoms with Crippen molar-refractivity contribution in [1.82, 2.24) is 14.9 Å². The number of rotatable bonds is 3. The molecule has 1 aliphatic rings. The highest BCUT2D eigenvalue weighted by molar-refractivity contribution is 6.11. The van der Waals surface area contributed by atoms with Gasteiger partial charge < -0.3 is 19.5 Å². The number of hydrogen-bond acceptors (Lipinski definition) is 6. The van der Waals surface area contributed by atoms with Gasteiger partial charge in [0.1, 0.15) is 5.58 Å². The first-order valence-corrected chi connectivity index (χ1v) is 9.64. The van der Waals surface area contributed by atoms with Crippen molar-refractivity contribution < 1.29 is 9.21 Å². The molecule has 1 saturated heterocycles. The van der Waals surface area contributed by atoms with Crippen molar-refractivity contribution in [2.24, 2.45) is 0 Å². The monoisotopic (exact) mass is 387 g/mol. The molecule has 1 fully saturated rings. The van der Waals surface area contributed by atoms with Gasteiger partial charge in [0.25, 0.3) is 5.91 Å². The highest BCUT2D eigenvalue weighted by Crippen LogP contribution is 2.33. The predicted molar refractivity (Wildman–Crippen MR) is 113 cm³/mol. The minimum Gasteiger partial charge on any atom is -0.451 e. The molecule has 0 radical (unpaired) electrons. The van der Waals surface area contributed by atoms with E-state index in [1.54, 1.807) is 36.9 Å². The van der Waals surface area contributed by atoms with Gasteiger partial charge in [-0.3, -0.25) is 14.8 Å². The molecule has 146 valence electrons. The van der Waals surface area contributed by atoms with Crippen LogP contribution in [-0.4, -0.2) is 54.0 Å². The lowest BCUT2D eigenvalue weighted by molar-refractivity contribution is 0.0999. The number of carbonyl (C=O) groups excluding carboxylic acids is 1. The number of furan rings is 1. The Morgan fingerprint density at radius 3 is 2.62 bits per heavy atom. The number of nitrogens with zero attached hydrogens (tertiary/aromatic N) is 4. The summed E-state index contributed by atoms with van der Waals surface area (Å²) in [6, 6.07) is 9.48. The number of fused-ring (bicyclic) bond motifs is 2. The summed E-state index contributed by atoms with van der Waals surface area (Å²) in [6.07, 6.45) is 6.91. The van der Waals surface area contributed by atoms with E-state index in [9.17, 15) is 4.79 Å². The fourth-order valence-electron chi connectivity index (χ4n) is 3.79. The van der Waals surface area contributed by atoms with Crippen LogP contribution < -0.4 is 10.2 Å². The summed E-state index contributed by atoms with van der Waals surface area (Å²) in [5.41, 5.74) is 2.53. The lowest BCUT2D eigenvalue weighted by Crippen LogP contribution is -2.44. The van der Waals surface area contributed by atoms with Crippen molar-refractivity contribution in [1.29, 1.82) is 0 Å². The third-order valence-electron chi connectivity index (χ3n) is 5.43. The van der Waals surface area contributed by atoms with Crippen LogP contribution >= 0.6 is 0 Å². The van der Waals surface area contributed by atoms with E-state index in [0.29, 0.717) is 5.58 Å². The van der Waals surface area contributed by atoms with Gasteiger partial charge in [0.2, 0.25) is 0 Å². The van der Waals surface area contributed by atoms with E-state index >= 15 is 0 Å². The first-order chi connectivity index (χ1) is 14.2. The van der Waals surface area contributed by atoms with Crippen LogP contribution in [-0.2, 0) is 0 Å². The number of aromatic nitrogens is 2. The Morgan fingerprint density at radius 1 is 1.00 bits per heavy atom. The number of benzene rings is 1. The van der Waals surface area contributed by atoms with Gasteiger partial charge in [-0.2, -0.15) is 0 Å². The maximum atomic E-state index is 12.8. The third kappa shape index (κ3) is 3.30. The fourth-order valence-corrected chi connectivity index (χ4v) is 3.79. The smallest absolute Gasteiger partial charge is 0.291 e. The molecule has 0 unspecified atom stereocenters. The van der Waals surface area contributed by atoms with Gasteiger partial charge in [0.15, 0.2) is 5.76 Å². The second-order valence-electron chi connectivity index (χ2n) is 7.32. The molecule has 1 N–H and O–H groups in total. The maximum absolute atomic E-state index is 12.8. The van der Waals surface area contributed by atoms with E-state index in [4.69, 9.17) is 4.42 Å². The molecule has 1 aliphatic heterocycles. The van der Waals surface area contributed by atoms with Gasteiger partial charge >= 0.3 is 0 Å². The summed E-state index contributed by atoms with van der Waals surface area (Å²) in [7, 11) is 2.14. The van der Waals surface area contributed by atoms with Crippen LogP contribution in [0.1, 0.15) is 10.6 Å². The highest BCUT2D eigenvalue weighted by Gasteiger charge is 2.19. The number of amides is 1. The number of anilines is 2. The number of pyridine rings is 2. The summed E-state index contributed by atoms with van der Waals surface area (Å²) >= 11 is 0. The normalized spacial score (nSPS) is 15.1. The highest BCUT2D eigenvalue weighted by atomic mass is 16.3. The number of piperazine rings is 1. The number of nitrogens with one attached hydrogen (secondary N) is 1. The first-order valence-electron chi connectivity index (χ1n) is 9.64. The molecule has 0 aliphatic carbocycles. The third-order valence-corrected chi connectivity index (χ3v) is 5.43. The van der Waals surface area contributed by atoms with Crippen molar-refractivity contribution in [3.8, 4) is 0 Å². The zero-order valence-electron chi connectivity index (χ0n) is 16.1.